The van der Waals surface area contributed by atoms with Crippen LogP contribution in [-0.4, -0.2) is 45.9 Å². The van der Waals surface area contributed by atoms with Crippen molar-refractivity contribution in [3.63, 3.8) is 0 Å². The van der Waals surface area contributed by atoms with Crippen molar-refractivity contribution >= 4 is 16.9 Å². The number of aliphatic hydroxyl groups is 1. The molecule has 6 heteroatoms. The SMILES string of the molecule is Cc1cccc(-n2cnc3cc(C(=O)N[C@@H]4COC[C@@H]4O)ccc32)c1. The second-order valence-electron chi connectivity index (χ2n) is 6.34. The molecule has 1 aliphatic rings. The van der Waals surface area contributed by atoms with E-state index in [0.717, 1.165) is 16.7 Å². The first-order chi connectivity index (χ1) is 12.1. The summed E-state index contributed by atoms with van der Waals surface area (Å²) in [6.45, 7) is 2.63. The molecule has 1 aliphatic heterocycles. The maximum Gasteiger partial charge on any atom is 0.251 e. The van der Waals surface area contributed by atoms with Crippen molar-refractivity contribution in [2.75, 3.05) is 13.2 Å². The third-order valence-electron chi connectivity index (χ3n) is 4.46. The predicted molar refractivity (Wildman–Crippen MR) is 93.9 cm³/mol. The first kappa shape index (κ1) is 15.8. The summed E-state index contributed by atoms with van der Waals surface area (Å²) in [7, 11) is 0. The van der Waals surface area contributed by atoms with Gasteiger partial charge in [0.1, 0.15) is 6.33 Å². The molecule has 0 spiro atoms. The molecule has 2 aromatic carbocycles. The van der Waals surface area contributed by atoms with Crippen LogP contribution in [0.3, 0.4) is 0 Å². The van der Waals surface area contributed by atoms with Gasteiger partial charge in [-0.2, -0.15) is 0 Å². The lowest BCUT2D eigenvalue weighted by atomic mass is 10.1. The monoisotopic (exact) mass is 337 g/mol. The smallest absolute Gasteiger partial charge is 0.251 e. The highest BCUT2D eigenvalue weighted by Crippen LogP contribution is 2.20. The van der Waals surface area contributed by atoms with Crippen LogP contribution in [-0.2, 0) is 4.74 Å². The zero-order valence-electron chi connectivity index (χ0n) is 13.8. The summed E-state index contributed by atoms with van der Waals surface area (Å²) >= 11 is 0. The highest BCUT2D eigenvalue weighted by atomic mass is 16.5. The van der Waals surface area contributed by atoms with E-state index in [1.165, 1.54) is 5.56 Å². The van der Waals surface area contributed by atoms with Crippen LogP contribution in [0.4, 0.5) is 0 Å². The third kappa shape index (κ3) is 3.01. The largest absolute Gasteiger partial charge is 0.388 e. The minimum atomic E-state index is -0.659. The molecule has 25 heavy (non-hydrogen) atoms. The van der Waals surface area contributed by atoms with Gasteiger partial charge in [-0.15, -0.1) is 0 Å². The fraction of sp³-hybridized carbons (Fsp3) is 0.263. The van der Waals surface area contributed by atoms with E-state index < -0.39 is 6.10 Å². The van der Waals surface area contributed by atoms with Crippen molar-refractivity contribution in [1.29, 1.82) is 0 Å². The number of carbonyl (C=O) groups excluding carboxylic acids is 1. The average molecular weight is 337 g/mol. The highest BCUT2D eigenvalue weighted by molar-refractivity contribution is 5.97. The number of hydrogen-bond donors (Lipinski definition) is 2. The Morgan fingerprint density at radius 2 is 2.16 bits per heavy atom. The van der Waals surface area contributed by atoms with Crippen molar-refractivity contribution in [2.24, 2.45) is 0 Å². The van der Waals surface area contributed by atoms with E-state index in [-0.39, 0.29) is 18.6 Å². The quantitative estimate of drug-likeness (QED) is 0.764. The van der Waals surface area contributed by atoms with Crippen LogP contribution in [0.25, 0.3) is 16.7 Å². The Kier molecular flexibility index (Phi) is 3.99. The second-order valence-corrected chi connectivity index (χ2v) is 6.34. The van der Waals surface area contributed by atoms with E-state index in [2.05, 4.69) is 16.4 Å². The molecule has 4 rings (SSSR count). The van der Waals surface area contributed by atoms with E-state index >= 15 is 0 Å². The van der Waals surface area contributed by atoms with E-state index in [9.17, 15) is 9.90 Å². The fourth-order valence-corrected chi connectivity index (χ4v) is 3.07. The second kappa shape index (κ2) is 6.31. The Labute approximate surface area is 145 Å². The number of nitrogens with zero attached hydrogens (tertiary/aromatic N) is 2. The summed E-state index contributed by atoms with van der Waals surface area (Å²) in [5, 5.41) is 12.6. The van der Waals surface area contributed by atoms with E-state index in [1.807, 2.05) is 35.8 Å². The number of amides is 1. The van der Waals surface area contributed by atoms with E-state index in [1.54, 1.807) is 18.5 Å². The lowest BCUT2D eigenvalue weighted by molar-refractivity contribution is 0.0886. The molecule has 2 atom stereocenters. The molecular weight excluding hydrogens is 318 g/mol. The molecule has 0 radical (unpaired) electrons. The molecule has 1 amide bonds. The van der Waals surface area contributed by atoms with Crippen LogP contribution in [0.2, 0.25) is 0 Å². The number of nitrogens with one attached hydrogen (secondary N) is 1. The topological polar surface area (TPSA) is 76.4 Å². The van der Waals surface area contributed by atoms with Crippen molar-refractivity contribution in [3.05, 3.63) is 59.9 Å². The average Bonchev–Trinajstić information content (AvgIpc) is 3.20. The number of aryl methyl sites for hydroxylation is 1. The molecule has 0 aliphatic carbocycles. The fourth-order valence-electron chi connectivity index (χ4n) is 3.07. The van der Waals surface area contributed by atoms with Gasteiger partial charge in [-0.25, -0.2) is 4.98 Å². The number of hydrogen-bond acceptors (Lipinski definition) is 4. The van der Waals surface area contributed by atoms with Gasteiger partial charge >= 0.3 is 0 Å². The maximum atomic E-state index is 12.4. The standard InChI is InChI=1S/C19H19N3O3/c1-12-3-2-4-14(7-12)22-11-20-15-8-13(5-6-17(15)22)19(24)21-16-9-25-10-18(16)23/h2-8,11,16,18,23H,9-10H2,1H3,(H,21,24)/t16-,18+/m1/s1. The van der Waals surface area contributed by atoms with Gasteiger partial charge in [-0.3, -0.25) is 9.36 Å². The van der Waals surface area contributed by atoms with Gasteiger partial charge in [0.05, 0.1) is 36.4 Å². The van der Waals surface area contributed by atoms with Crippen LogP contribution >= 0.6 is 0 Å². The normalized spacial score (nSPS) is 20.1. The minimum Gasteiger partial charge on any atom is -0.388 e. The lowest BCUT2D eigenvalue weighted by Gasteiger charge is -2.14. The summed E-state index contributed by atoms with van der Waals surface area (Å²) in [5.41, 5.74) is 4.41. The molecule has 0 bridgehead atoms. The number of benzene rings is 2. The minimum absolute atomic E-state index is 0.235. The molecular formula is C19H19N3O3. The number of imidazole rings is 1. The van der Waals surface area contributed by atoms with Gasteiger partial charge in [0.2, 0.25) is 0 Å². The molecule has 2 N–H and O–H groups in total. The first-order valence-corrected chi connectivity index (χ1v) is 8.22. The highest BCUT2D eigenvalue weighted by Gasteiger charge is 2.27. The zero-order valence-corrected chi connectivity index (χ0v) is 13.8. The van der Waals surface area contributed by atoms with E-state index in [0.29, 0.717) is 12.2 Å². The molecule has 3 aromatic rings. The van der Waals surface area contributed by atoms with Gasteiger partial charge < -0.3 is 15.2 Å². The van der Waals surface area contributed by atoms with Crippen molar-refractivity contribution < 1.29 is 14.6 Å². The molecule has 0 unspecified atom stereocenters. The number of ether oxygens (including phenoxy) is 1. The molecule has 1 saturated heterocycles. The lowest BCUT2D eigenvalue weighted by Crippen LogP contribution is -2.42. The maximum absolute atomic E-state index is 12.4. The van der Waals surface area contributed by atoms with Crippen molar-refractivity contribution in [3.8, 4) is 5.69 Å². The van der Waals surface area contributed by atoms with Crippen LogP contribution in [0.15, 0.2) is 48.8 Å². The van der Waals surface area contributed by atoms with E-state index in [4.69, 9.17) is 4.74 Å². The summed E-state index contributed by atoms with van der Waals surface area (Å²) in [6.07, 6.45) is 1.10. The number of aliphatic hydroxyl groups excluding tert-OH is 1. The van der Waals surface area contributed by atoms with Crippen LogP contribution < -0.4 is 5.32 Å². The Morgan fingerprint density at radius 1 is 1.28 bits per heavy atom. The number of aromatic nitrogens is 2. The van der Waals surface area contributed by atoms with Crippen LogP contribution in [0.1, 0.15) is 15.9 Å². The summed E-state index contributed by atoms with van der Waals surface area (Å²) < 4.78 is 7.16. The first-order valence-electron chi connectivity index (χ1n) is 8.22. The van der Waals surface area contributed by atoms with Gasteiger partial charge in [-0.1, -0.05) is 12.1 Å². The van der Waals surface area contributed by atoms with Crippen molar-refractivity contribution in [2.45, 2.75) is 19.1 Å². The van der Waals surface area contributed by atoms with Gasteiger partial charge in [0.15, 0.2) is 0 Å². The molecule has 1 aromatic heterocycles. The van der Waals surface area contributed by atoms with Gasteiger partial charge in [0, 0.05) is 11.3 Å². The van der Waals surface area contributed by atoms with Crippen LogP contribution in [0, 0.1) is 6.92 Å². The third-order valence-corrected chi connectivity index (χ3v) is 4.46. The molecule has 2 heterocycles. The number of carbonyl (C=O) groups is 1. The molecule has 6 nitrogen and oxygen atoms in total. The van der Waals surface area contributed by atoms with Crippen molar-refractivity contribution in [1.82, 2.24) is 14.9 Å². The predicted octanol–water partition coefficient (Wildman–Crippen LogP) is 1.82. The Balaban J connectivity index is 1.62. The molecule has 1 fully saturated rings. The zero-order chi connectivity index (χ0) is 17.4. The Bertz CT molecular complexity index is 935. The van der Waals surface area contributed by atoms with Gasteiger partial charge in [0.25, 0.3) is 5.91 Å². The van der Waals surface area contributed by atoms with Gasteiger partial charge in [-0.05, 0) is 42.8 Å². The Hall–Kier alpha value is -2.70. The Morgan fingerprint density at radius 3 is 2.92 bits per heavy atom. The summed E-state index contributed by atoms with van der Waals surface area (Å²) in [5.74, 6) is -0.235. The number of rotatable bonds is 3. The molecule has 128 valence electrons. The number of fused-ring (bicyclic) bond motifs is 1. The molecule has 0 saturated carbocycles. The van der Waals surface area contributed by atoms with Crippen LogP contribution in [0.5, 0.6) is 0 Å². The summed E-state index contributed by atoms with van der Waals surface area (Å²) in [4.78, 5) is 16.8. The summed E-state index contributed by atoms with van der Waals surface area (Å²) in [6, 6.07) is 13.2.